The lowest BCUT2D eigenvalue weighted by Gasteiger charge is -2.09. The van der Waals surface area contributed by atoms with Crippen LogP contribution in [0.3, 0.4) is 0 Å². The van der Waals surface area contributed by atoms with Crippen molar-refractivity contribution in [3.8, 4) is 11.1 Å². The van der Waals surface area contributed by atoms with Crippen molar-refractivity contribution in [1.82, 2.24) is 14.6 Å². The summed E-state index contributed by atoms with van der Waals surface area (Å²) in [6.45, 7) is 0. The first-order valence-corrected chi connectivity index (χ1v) is 6.30. The maximum atomic E-state index is 13.6. The van der Waals surface area contributed by atoms with Gasteiger partial charge in [-0.2, -0.15) is 0 Å². The predicted octanol–water partition coefficient (Wildman–Crippen LogP) is 3.69. The van der Waals surface area contributed by atoms with Crippen molar-refractivity contribution >= 4 is 16.6 Å². The molecule has 0 radical (unpaired) electrons. The van der Waals surface area contributed by atoms with Gasteiger partial charge in [0.05, 0.1) is 5.52 Å². The van der Waals surface area contributed by atoms with Gasteiger partial charge < -0.3 is 0 Å². The number of hydrogen-bond acceptors (Lipinski definition) is 2. The second-order valence-electron chi connectivity index (χ2n) is 4.64. The minimum atomic E-state index is -0.248. The molecule has 0 unspecified atom stereocenters. The summed E-state index contributed by atoms with van der Waals surface area (Å²) in [4.78, 5) is 0. The molecular weight excluding hydrogens is 253 g/mol. The maximum absolute atomic E-state index is 13.6. The van der Waals surface area contributed by atoms with Crippen molar-refractivity contribution in [2.75, 3.05) is 0 Å². The molecule has 4 heteroatoms. The number of halogens is 1. The Morgan fingerprint density at radius 2 is 1.80 bits per heavy atom. The molecule has 96 valence electrons. The smallest absolute Gasteiger partial charge is 0.161 e. The van der Waals surface area contributed by atoms with E-state index >= 15 is 0 Å². The average Bonchev–Trinajstić information content (AvgIpc) is 2.95. The number of pyridine rings is 1. The Kier molecular flexibility index (Phi) is 2.29. The number of aromatic nitrogens is 3. The first-order chi connectivity index (χ1) is 9.83. The number of rotatable bonds is 1. The minimum absolute atomic E-state index is 0.248. The van der Waals surface area contributed by atoms with Gasteiger partial charge in [0, 0.05) is 5.39 Å². The lowest BCUT2D eigenvalue weighted by Crippen LogP contribution is -1.91. The van der Waals surface area contributed by atoms with E-state index in [1.165, 1.54) is 6.07 Å². The standard InChI is InChI=1S/C16H10FN3/c17-12-6-7-15-14(8-12)13(11-4-2-1-3-5-11)9-16-19-18-10-20(15)16/h1-10H. The van der Waals surface area contributed by atoms with E-state index in [2.05, 4.69) is 10.2 Å². The van der Waals surface area contributed by atoms with E-state index in [0.717, 1.165) is 27.7 Å². The van der Waals surface area contributed by atoms with Crippen molar-refractivity contribution in [2.24, 2.45) is 0 Å². The van der Waals surface area contributed by atoms with Crippen LogP contribution in [-0.4, -0.2) is 14.6 Å². The van der Waals surface area contributed by atoms with Crippen LogP contribution < -0.4 is 0 Å². The summed E-state index contributed by atoms with van der Waals surface area (Å²) in [5.74, 6) is -0.248. The lowest BCUT2D eigenvalue weighted by molar-refractivity contribution is 0.629. The Morgan fingerprint density at radius 3 is 2.65 bits per heavy atom. The maximum Gasteiger partial charge on any atom is 0.161 e. The van der Waals surface area contributed by atoms with Gasteiger partial charge in [-0.3, -0.25) is 4.40 Å². The fourth-order valence-corrected chi connectivity index (χ4v) is 2.53. The number of hydrogen-bond donors (Lipinski definition) is 0. The molecule has 2 aromatic heterocycles. The van der Waals surface area contributed by atoms with E-state index in [1.807, 2.05) is 40.8 Å². The molecule has 0 saturated heterocycles. The van der Waals surface area contributed by atoms with Crippen molar-refractivity contribution in [3.63, 3.8) is 0 Å². The van der Waals surface area contributed by atoms with E-state index < -0.39 is 0 Å². The molecule has 2 heterocycles. The second-order valence-corrected chi connectivity index (χ2v) is 4.64. The Hall–Kier alpha value is -2.75. The van der Waals surface area contributed by atoms with Gasteiger partial charge >= 0.3 is 0 Å². The molecule has 20 heavy (non-hydrogen) atoms. The van der Waals surface area contributed by atoms with Crippen LogP contribution >= 0.6 is 0 Å². The normalized spacial score (nSPS) is 11.2. The van der Waals surface area contributed by atoms with Gasteiger partial charge in [0.2, 0.25) is 0 Å². The van der Waals surface area contributed by atoms with E-state index in [-0.39, 0.29) is 5.82 Å². The largest absolute Gasteiger partial charge is 0.281 e. The molecule has 0 saturated carbocycles. The number of nitrogens with zero attached hydrogens (tertiary/aromatic N) is 3. The van der Waals surface area contributed by atoms with Gasteiger partial charge in [0.15, 0.2) is 5.65 Å². The van der Waals surface area contributed by atoms with Crippen LogP contribution in [0.25, 0.3) is 27.7 Å². The zero-order valence-electron chi connectivity index (χ0n) is 10.5. The van der Waals surface area contributed by atoms with Gasteiger partial charge in [0.25, 0.3) is 0 Å². The van der Waals surface area contributed by atoms with E-state index in [9.17, 15) is 4.39 Å². The van der Waals surface area contributed by atoms with Crippen LogP contribution in [0.1, 0.15) is 0 Å². The van der Waals surface area contributed by atoms with Crippen LogP contribution in [-0.2, 0) is 0 Å². The minimum Gasteiger partial charge on any atom is -0.281 e. The first-order valence-electron chi connectivity index (χ1n) is 6.30. The summed E-state index contributed by atoms with van der Waals surface area (Å²) in [5.41, 5.74) is 3.64. The highest BCUT2D eigenvalue weighted by Gasteiger charge is 2.10. The summed E-state index contributed by atoms with van der Waals surface area (Å²) in [6.07, 6.45) is 1.64. The van der Waals surface area contributed by atoms with Gasteiger partial charge in [0.1, 0.15) is 12.1 Å². The summed E-state index contributed by atoms with van der Waals surface area (Å²) >= 11 is 0. The van der Waals surface area contributed by atoms with E-state index in [1.54, 1.807) is 18.5 Å². The van der Waals surface area contributed by atoms with Gasteiger partial charge in [-0.15, -0.1) is 10.2 Å². The lowest BCUT2D eigenvalue weighted by atomic mass is 10.0. The molecule has 4 aromatic rings. The molecule has 0 spiro atoms. The fraction of sp³-hybridized carbons (Fsp3) is 0. The van der Waals surface area contributed by atoms with E-state index in [0.29, 0.717) is 0 Å². The van der Waals surface area contributed by atoms with Crippen LogP contribution in [0.2, 0.25) is 0 Å². The monoisotopic (exact) mass is 263 g/mol. The zero-order valence-corrected chi connectivity index (χ0v) is 10.5. The zero-order chi connectivity index (χ0) is 13.5. The van der Waals surface area contributed by atoms with Crippen LogP contribution in [0.15, 0.2) is 60.9 Å². The Bertz CT molecular complexity index is 913. The Morgan fingerprint density at radius 1 is 0.950 bits per heavy atom. The molecule has 4 rings (SSSR count). The summed E-state index contributed by atoms with van der Waals surface area (Å²) < 4.78 is 15.5. The number of benzene rings is 2. The van der Waals surface area contributed by atoms with Gasteiger partial charge in [-0.1, -0.05) is 30.3 Å². The quantitative estimate of drug-likeness (QED) is 0.524. The van der Waals surface area contributed by atoms with Crippen molar-refractivity contribution in [3.05, 3.63) is 66.7 Å². The SMILES string of the molecule is Fc1ccc2c(c1)c(-c1ccccc1)cc1nncn12. The molecule has 2 aromatic carbocycles. The molecule has 0 amide bonds. The second kappa shape index (κ2) is 4.13. The Balaban J connectivity index is 2.19. The van der Waals surface area contributed by atoms with E-state index in [4.69, 9.17) is 0 Å². The predicted molar refractivity (Wildman–Crippen MR) is 75.9 cm³/mol. The highest BCUT2D eigenvalue weighted by atomic mass is 19.1. The van der Waals surface area contributed by atoms with Crippen molar-refractivity contribution in [2.45, 2.75) is 0 Å². The van der Waals surface area contributed by atoms with Crippen molar-refractivity contribution < 1.29 is 4.39 Å². The molecular formula is C16H10FN3. The molecule has 0 aliphatic heterocycles. The molecule has 0 N–H and O–H groups in total. The highest BCUT2D eigenvalue weighted by molar-refractivity contribution is 5.97. The summed E-state index contributed by atoms with van der Waals surface area (Å²) in [6, 6.07) is 16.6. The third-order valence-corrected chi connectivity index (χ3v) is 3.44. The molecule has 0 fully saturated rings. The summed E-state index contributed by atoms with van der Waals surface area (Å²) in [7, 11) is 0. The van der Waals surface area contributed by atoms with Crippen LogP contribution in [0, 0.1) is 5.82 Å². The third kappa shape index (κ3) is 1.58. The van der Waals surface area contributed by atoms with Gasteiger partial charge in [-0.05, 0) is 35.4 Å². The Labute approximate surface area is 114 Å². The van der Waals surface area contributed by atoms with Crippen LogP contribution in [0.4, 0.5) is 4.39 Å². The van der Waals surface area contributed by atoms with Crippen molar-refractivity contribution in [1.29, 1.82) is 0 Å². The first kappa shape index (κ1) is 11.1. The van der Waals surface area contributed by atoms with Crippen LogP contribution in [0.5, 0.6) is 0 Å². The molecule has 3 nitrogen and oxygen atoms in total. The number of fused-ring (bicyclic) bond motifs is 3. The molecule has 0 bridgehead atoms. The topological polar surface area (TPSA) is 30.2 Å². The highest BCUT2D eigenvalue weighted by Crippen LogP contribution is 2.30. The average molecular weight is 263 g/mol. The summed E-state index contributed by atoms with van der Waals surface area (Å²) in [5, 5.41) is 8.87. The fourth-order valence-electron chi connectivity index (χ4n) is 2.53. The molecule has 0 atom stereocenters. The third-order valence-electron chi connectivity index (χ3n) is 3.44. The molecule has 0 aliphatic rings. The van der Waals surface area contributed by atoms with Gasteiger partial charge in [-0.25, -0.2) is 4.39 Å². The molecule has 0 aliphatic carbocycles.